The molecule has 4 rings (SSSR count). The van der Waals surface area contributed by atoms with Crippen LogP contribution in [0.3, 0.4) is 0 Å². The summed E-state index contributed by atoms with van der Waals surface area (Å²) in [6.45, 7) is 0. The van der Waals surface area contributed by atoms with Crippen LogP contribution in [0.15, 0.2) is 78.0 Å². The predicted octanol–water partition coefficient (Wildman–Crippen LogP) is 6.03. The van der Waals surface area contributed by atoms with E-state index in [4.69, 9.17) is 16.3 Å². The standard InChI is InChI=1S/C22H17ClFN3OS/c1-28-18-11-9-17(10-12-18)27-21(19-7-2-3-8-20(19)24)25-26-22(27)29-14-15-5-4-6-16(23)13-15/h2-13H,14H2,1H3. The second kappa shape index (κ2) is 8.68. The molecule has 0 unspecified atom stereocenters. The fraction of sp³-hybridized carbons (Fsp3) is 0.0909. The SMILES string of the molecule is COc1ccc(-n2c(SCc3cccc(Cl)c3)nnc2-c2ccccc2F)cc1. The Morgan fingerprint density at radius 2 is 1.79 bits per heavy atom. The molecule has 0 aliphatic carbocycles. The summed E-state index contributed by atoms with van der Waals surface area (Å²) in [7, 11) is 1.62. The summed E-state index contributed by atoms with van der Waals surface area (Å²) >= 11 is 7.60. The highest BCUT2D eigenvalue weighted by molar-refractivity contribution is 7.98. The fourth-order valence-electron chi connectivity index (χ4n) is 2.92. The van der Waals surface area contributed by atoms with Crippen LogP contribution in [0.25, 0.3) is 17.1 Å². The maximum absolute atomic E-state index is 14.5. The van der Waals surface area contributed by atoms with Crippen molar-refractivity contribution in [2.24, 2.45) is 0 Å². The molecule has 4 nitrogen and oxygen atoms in total. The Kier molecular flexibility index (Phi) is 5.83. The molecule has 1 aromatic heterocycles. The number of nitrogens with zero attached hydrogens (tertiary/aromatic N) is 3. The van der Waals surface area contributed by atoms with Gasteiger partial charge in [-0.25, -0.2) is 4.39 Å². The fourth-order valence-corrected chi connectivity index (χ4v) is 4.03. The molecule has 1 heterocycles. The molecule has 0 saturated heterocycles. The van der Waals surface area contributed by atoms with Gasteiger partial charge in [0, 0.05) is 10.8 Å². The first-order valence-corrected chi connectivity index (χ1v) is 10.2. The Bertz CT molecular complexity index is 1130. The smallest absolute Gasteiger partial charge is 0.196 e. The van der Waals surface area contributed by atoms with Gasteiger partial charge in [0.1, 0.15) is 11.6 Å². The third kappa shape index (κ3) is 4.28. The Balaban J connectivity index is 1.75. The van der Waals surface area contributed by atoms with Crippen LogP contribution in [0, 0.1) is 5.82 Å². The maximum Gasteiger partial charge on any atom is 0.196 e. The minimum absolute atomic E-state index is 0.346. The molecule has 0 aliphatic heterocycles. The highest BCUT2D eigenvalue weighted by Crippen LogP contribution is 2.31. The number of benzene rings is 3. The van der Waals surface area contributed by atoms with Gasteiger partial charge in [-0.15, -0.1) is 10.2 Å². The van der Waals surface area contributed by atoms with E-state index in [1.807, 2.05) is 53.1 Å². The summed E-state index contributed by atoms with van der Waals surface area (Å²) in [4.78, 5) is 0. The van der Waals surface area contributed by atoms with Gasteiger partial charge >= 0.3 is 0 Å². The van der Waals surface area contributed by atoms with E-state index in [-0.39, 0.29) is 5.82 Å². The maximum atomic E-state index is 14.5. The Morgan fingerprint density at radius 3 is 2.52 bits per heavy atom. The molecule has 29 heavy (non-hydrogen) atoms. The van der Waals surface area contributed by atoms with E-state index in [0.717, 1.165) is 17.0 Å². The minimum Gasteiger partial charge on any atom is -0.497 e. The van der Waals surface area contributed by atoms with Gasteiger partial charge in [0.15, 0.2) is 11.0 Å². The average Bonchev–Trinajstić information content (AvgIpc) is 3.16. The van der Waals surface area contributed by atoms with Gasteiger partial charge in [0.2, 0.25) is 0 Å². The summed E-state index contributed by atoms with van der Waals surface area (Å²) in [5.41, 5.74) is 2.28. The van der Waals surface area contributed by atoms with E-state index in [2.05, 4.69) is 10.2 Å². The van der Waals surface area contributed by atoms with Gasteiger partial charge in [-0.1, -0.05) is 47.6 Å². The molecule has 0 amide bonds. The Morgan fingerprint density at radius 1 is 1.00 bits per heavy atom. The van der Waals surface area contributed by atoms with Crippen LogP contribution < -0.4 is 4.74 Å². The number of rotatable bonds is 6. The molecule has 7 heteroatoms. The lowest BCUT2D eigenvalue weighted by Gasteiger charge is -2.11. The first kappa shape index (κ1) is 19.5. The molecule has 3 aromatic carbocycles. The molecule has 0 saturated carbocycles. The lowest BCUT2D eigenvalue weighted by Crippen LogP contribution is -2.01. The minimum atomic E-state index is -0.346. The first-order chi connectivity index (χ1) is 14.2. The van der Waals surface area contributed by atoms with Crippen LogP contribution in [0.4, 0.5) is 4.39 Å². The van der Waals surface area contributed by atoms with E-state index in [1.165, 1.54) is 17.8 Å². The average molecular weight is 426 g/mol. The Hall–Kier alpha value is -2.83. The van der Waals surface area contributed by atoms with Crippen LogP contribution in [-0.2, 0) is 5.75 Å². The topological polar surface area (TPSA) is 39.9 Å². The largest absolute Gasteiger partial charge is 0.497 e. The van der Waals surface area contributed by atoms with E-state index in [1.54, 1.807) is 25.3 Å². The van der Waals surface area contributed by atoms with Crippen LogP contribution in [0.1, 0.15) is 5.56 Å². The molecular formula is C22H17ClFN3OS. The summed E-state index contributed by atoms with van der Waals surface area (Å²) in [6.07, 6.45) is 0. The van der Waals surface area contributed by atoms with Crippen molar-refractivity contribution in [3.8, 4) is 22.8 Å². The van der Waals surface area contributed by atoms with Crippen LogP contribution in [0.5, 0.6) is 5.75 Å². The van der Waals surface area contributed by atoms with Crippen molar-refractivity contribution in [1.29, 1.82) is 0 Å². The molecule has 0 radical (unpaired) electrons. The molecule has 0 atom stereocenters. The third-order valence-corrected chi connectivity index (χ3v) is 5.57. The third-order valence-electron chi connectivity index (χ3n) is 4.34. The summed E-state index contributed by atoms with van der Waals surface area (Å²) < 4.78 is 21.6. The summed E-state index contributed by atoms with van der Waals surface area (Å²) in [5.74, 6) is 1.50. The van der Waals surface area contributed by atoms with Crippen LogP contribution in [-0.4, -0.2) is 21.9 Å². The zero-order chi connectivity index (χ0) is 20.2. The summed E-state index contributed by atoms with van der Waals surface area (Å²) in [5, 5.41) is 9.97. The number of methoxy groups -OCH3 is 1. The van der Waals surface area contributed by atoms with Crippen LogP contribution >= 0.6 is 23.4 Å². The number of thioether (sulfide) groups is 1. The van der Waals surface area contributed by atoms with Crippen molar-refractivity contribution in [3.63, 3.8) is 0 Å². The molecule has 0 aliphatic rings. The van der Waals surface area contributed by atoms with Gasteiger partial charge in [-0.3, -0.25) is 4.57 Å². The summed E-state index contributed by atoms with van der Waals surface area (Å²) in [6, 6.07) is 21.7. The highest BCUT2D eigenvalue weighted by atomic mass is 35.5. The second-order valence-electron chi connectivity index (χ2n) is 6.24. The van der Waals surface area contributed by atoms with Crippen LogP contribution in [0.2, 0.25) is 5.02 Å². The quantitative estimate of drug-likeness (QED) is 0.354. The van der Waals surface area contributed by atoms with Gasteiger partial charge in [-0.2, -0.15) is 0 Å². The molecule has 0 spiro atoms. The number of hydrogen-bond acceptors (Lipinski definition) is 4. The van der Waals surface area contributed by atoms with E-state index < -0.39 is 0 Å². The Labute approximate surface area is 177 Å². The van der Waals surface area contributed by atoms with E-state index in [0.29, 0.717) is 27.3 Å². The first-order valence-electron chi connectivity index (χ1n) is 8.87. The zero-order valence-corrected chi connectivity index (χ0v) is 17.1. The molecule has 0 bridgehead atoms. The lowest BCUT2D eigenvalue weighted by atomic mass is 10.2. The second-order valence-corrected chi connectivity index (χ2v) is 7.62. The molecule has 0 N–H and O–H groups in total. The highest BCUT2D eigenvalue weighted by Gasteiger charge is 2.18. The van der Waals surface area contributed by atoms with Gasteiger partial charge < -0.3 is 4.74 Å². The van der Waals surface area contributed by atoms with Gasteiger partial charge in [0.05, 0.1) is 18.4 Å². The normalized spacial score (nSPS) is 10.9. The lowest BCUT2D eigenvalue weighted by molar-refractivity contribution is 0.414. The monoisotopic (exact) mass is 425 g/mol. The van der Waals surface area contributed by atoms with E-state index in [9.17, 15) is 4.39 Å². The molecule has 0 fully saturated rings. The van der Waals surface area contributed by atoms with Crippen molar-refractivity contribution in [2.75, 3.05) is 7.11 Å². The van der Waals surface area contributed by atoms with Crippen molar-refractivity contribution in [3.05, 3.63) is 89.2 Å². The van der Waals surface area contributed by atoms with Gasteiger partial charge in [-0.05, 0) is 54.1 Å². The number of ether oxygens (including phenoxy) is 1. The predicted molar refractivity (Wildman–Crippen MR) is 114 cm³/mol. The van der Waals surface area contributed by atoms with Crippen molar-refractivity contribution < 1.29 is 9.13 Å². The molecular weight excluding hydrogens is 409 g/mol. The number of aromatic nitrogens is 3. The molecule has 146 valence electrons. The number of halogens is 2. The van der Waals surface area contributed by atoms with E-state index >= 15 is 0 Å². The zero-order valence-electron chi connectivity index (χ0n) is 15.5. The van der Waals surface area contributed by atoms with Crippen molar-refractivity contribution >= 4 is 23.4 Å². The van der Waals surface area contributed by atoms with Crippen molar-refractivity contribution in [1.82, 2.24) is 14.8 Å². The van der Waals surface area contributed by atoms with Crippen molar-refractivity contribution in [2.45, 2.75) is 10.9 Å². The molecule has 4 aromatic rings. The van der Waals surface area contributed by atoms with Gasteiger partial charge in [0.25, 0.3) is 0 Å². The number of hydrogen-bond donors (Lipinski definition) is 0.